The van der Waals surface area contributed by atoms with Crippen molar-refractivity contribution >= 4 is 32.8 Å². The van der Waals surface area contributed by atoms with Crippen molar-refractivity contribution in [2.75, 3.05) is 0 Å². The minimum absolute atomic E-state index is 0.0512. The predicted octanol–water partition coefficient (Wildman–Crippen LogP) is 2.34. The first-order chi connectivity index (χ1) is 8.07. The first-order valence-corrected chi connectivity index (χ1v) is 6.56. The van der Waals surface area contributed by atoms with Crippen molar-refractivity contribution in [1.29, 1.82) is 0 Å². The van der Waals surface area contributed by atoms with Crippen LogP contribution in [-0.2, 0) is 16.5 Å². The molecule has 0 amide bonds. The van der Waals surface area contributed by atoms with E-state index in [2.05, 4.69) is 4.99 Å². The Morgan fingerprint density at radius 1 is 1.12 bits per heavy atom. The largest absolute Gasteiger partial charge is 0.295 e. The standard InChI is InChI=1S/C12H9NO3S/c14-17(15,16)12-3-1-2-8-9-6-7-13-11(9)5-4-10(8)12/h1-5,7H,6H2,(H,14,15,16). The third-order valence-corrected chi connectivity index (χ3v) is 3.82. The number of fused-ring (bicyclic) bond motifs is 3. The first kappa shape index (κ1) is 10.4. The van der Waals surface area contributed by atoms with Crippen LogP contribution in [0.5, 0.6) is 0 Å². The summed E-state index contributed by atoms with van der Waals surface area (Å²) in [6.45, 7) is 0. The molecule has 4 nitrogen and oxygen atoms in total. The molecule has 3 rings (SSSR count). The van der Waals surface area contributed by atoms with E-state index in [1.54, 1.807) is 24.4 Å². The van der Waals surface area contributed by atoms with Crippen molar-refractivity contribution in [3.8, 4) is 0 Å². The Morgan fingerprint density at radius 2 is 1.94 bits per heavy atom. The van der Waals surface area contributed by atoms with Crippen LogP contribution in [0.25, 0.3) is 10.8 Å². The van der Waals surface area contributed by atoms with Gasteiger partial charge in [0.1, 0.15) is 4.90 Å². The topological polar surface area (TPSA) is 66.7 Å². The van der Waals surface area contributed by atoms with Gasteiger partial charge in [-0.25, -0.2) is 0 Å². The molecule has 0 spiro atoms. The average Bonchev–Trinajstić information content (AvgIpc) is 2.75. The number of hydrogen-bond acceptors (Lipinski definition) is 3. The Labute approximate surface area is 98.4 Å². The van der Waals surface area contributed by atoms with Crippen LogP contribution < -0.4 is 0 Å². The Balaban J connectivity index is 2.45. The van der Waals surface area contributed by atoms with Gasteiger partial charge < -0.3 is 0 Å². The van der Waals surface area contributed by atoms with Gasteiger partial charge in [0.15, 0.2) is 0 Å². The summed E-state index contributed by atoms with van der Waals surface area (Å²) in [7, 11) is -4.19. The van der Waals surface area contributed by atoms with Crippen molar-refractivity contribution in [3.05, 3.63) is 35.9 Å². The lowest BCUT2D eigenvalue weighted by Crippen LogP contribution is -1.99. The summed E-state index contributed by atoms with van der Waals surface area (Å²) in [4.78, 5) is 4.15. The molecule has 0 saturated carbocycles. The molecule has 86 valence electrons. The van der Waals surface area contributed by atoms with Crippen molar-refractivity contribution in [2.24, 2.45) is 4.99 Å². The van der Waals surface area contributed by atoms with Crippen molar-refractivity contribution in [2.45, 2.75) is 11.3 Å². The van der Waals surface area contributed by atoms with Crippen LogP contribution in [0, 0.1) is 0 Å². The summed E-state index contributed by atoms with van der Waals surface area (Å²) >= 11 is 0. The molecular weight excluding hydrogens is 238 g/mol. The summed E-state index contributed by atoms with van der Waals surface area (Å²) in [5, 5.41) is 1.37. The molecule has 1 aliphatic heterocycles. The molecule has 17 heavy (non-hydrogen) atoms. The smallest absolute Gasteiger partial charge is 0.282 e. The van der Waals surface area contributed by atoms with Gasteiger partial charge in [0, 0.05) is 18.0 Å². The maximum Gasteiger partial charge on any atom is 0.295 e. The first-order valence-electron chi connectivity index (χ1n) is 5.12. The van der Waals surface area contributed by atoms with E-state index < -0.39 is 10.1 Å². The van der Waals surface area contributed by atoms with E-state index in [0.717, 1.165) is 16.6 Å². The molecule has 2 aromatic carbocycles. The molecule has 0 bridgehead atoms. The van der Waals surface area contributed by atoms with Gasteiger partial charge in [0.05, 0.1) is 5.69 Å². The van der Waals surface area contributed by atoms with E-state index in [9.17, 15) is 13.0 Å². The van der Waals surface area contributed by atoms with Gasteiger partial charge in [-0.2, -0.15) is 8.42 Å². The molecule has 5 heteroatoms. The second-order valence-corrected chi connectivity index (χ2v) is 5.30. The van der Waals surface area contributed by atoms with E-state index in [-0.39, 0.29) is 4.90 Å². The molecular formula is C12H9NO3S. The molecule has 1 N–H and O–H groups in total. The van der Waals surface area contributed by atoms with E-state index >= 15 is 0 Å². The monoisotopic (exact) mass is 247 g/mol. The quantitative estimate of drug-likeness (QED) is 0.786. The van der Waals surface area contributed by atoms with Gasteiger partial charge in [-0.1, -0.05) is 18.2 Å². The zero-order chi connectivity index (χ0) is 12.0. The molecule has 0 aromatic heterocycles. The Kier molecular flexibility index (Phi) is 2.08. The van der Waals surface area contributed by atoms with Gasteiger partial charge in [0.25, 0.3) is 10.1 Å². The Hall–Kier alpha value is -1.72. The number of benzene rings is 2. The van der Waals surface area contributed by atoms with Crippen LogP contribution in [0.2, 0.25) is 0 Å². The lowest BCUT2D eigenvalue weighted by atomic mass is 10.0. The second-order valence-electron chi connectivity index (χ2n) is 3.91. The summed E-state index contributed by atoms with van der Waals surface area (Å²) in [6, 6.07) is 8.33. The molecule has 0 fully saturated rings. The summed E-state index contributed by atoms with van der Waals surface area (Å²) in [5.41, 5.74) is 1.87. The molecule has 0 radical (unpaired) electrons. The van der Waals surface area contributed by atoms with E-state index in [1.165, 1.54) is 6.07 Å². The highest BCUT2D eigenvalue weighted by Crippen LogP contribution is 2.34. The number of nitrogens with zero attached hydrogens (tertiary/aromatic N) is 1. The SMILES string of the molecule is O=S(=O)(O)c1cccc2c3c(ccc12)N=CC3. The van der Waals surface area contributed by atoms with Crippen LogP contribution >= 0.6 is 0 Å². The maximum atomic E-state index is 11.3. The average molecular weight is 247 g/mol. The third kappa shape index (κ3) is 1.55. The molecule has 1 aliphatic rings. The van der Waals surface area contributed by atoms with E-state index in [0.29, 0.717) is 11.8 Å². The van der Waals surface area contributed by atoms with Crippen molar-refractivity contribution < 1.29 is 13.0 Å². The molecule has 0 atom stereocenters. The minimum atomic E-state index is -4.19. The maximum absolute atomic E-state index is 11.3. The van der Waals surface area contributed by atoms with Crippen molar-refractivity contribution in [1.82, 2.24) is 0 Å². The normalized spacial score (nSPS) is 14.2. The number of hydrogen-bond donors (Lipinski definition) is 1. The number of aliphatic imine (C=N–C) groups is 1. The Morgan fingerprint density at radius 3 is 2.71 bits per heavy atom. The van der Waals surface area contributed by atoms with Crippen LogP contribution in [0.15, 0.2) is 40.2 Å². The second kappa shape index (κ2) is 3.38. The van der Waals surface area contributed by atoms with Gasteiger partial charge in [-0.15, -0.1) is 0 Å². The zero-order valence-corrected chi connectivity index (χ0v) is 9.61. The fourth-order valence-corrected chi connectivity index (χ4v) is 2.88. The summed E-state index contributed by atoms with van der Waals surface area (Å²) < 4.78 is 31.7. The minimum Gasteiger partial charge on any atom is -0.282 e. The highest BCUT2D eigenvalue weighted by Gasteiger charge is 2.17. The van der Waals surface area contributed by atoms with Crippen LogP contribution in [0.4, 0.5) is 5.69 Å². The van der Waals surface area contributed by atoms with Crippen LogP contribution in [0.1, 0.15) is 5.56 Å². The highest BCUT2D eigenvalue weighted by atomic mass is 32.2. The van der Waals surface area contributed by atoms with Crippen LogP contribution in [-0.4, -0.2) is 19.2 Å². The van der Waals surface area contributed by atoms with E-state index in [4.69, 9.17) is 0 Å². The fraction of sp³-hybridized carbons (Fsp3) is 0.0833. The van der Waals surface area contributed by atoms with Crippen LogP contribution in [0.3, 0.4) is 0 Å². The lowest BCUT2D eigenvalue weighted by molar-refractivity contribution is 0.484. The fourth-order valence-electron chi connectivity index (χ4n) is 2.18. The molecule has 0 unspecified atom stereocenters. The van der Waals surface area contributed by atoms with Gasteiger partial charge >= 0.3 is 0 Å². The predicted molar refractivity (Wildman–Crippen MR) is 65.6 cm³/mol. The number of rotatable bonds is 1. The van der Waals surface area contributed by atoms with Gasteiger partial charge in [0.2, 0.25) is 0 Å². The summed E-state index contributed by atoms with van der Waals surface area (Å²) in [6.07, 6.45) is 2.49. The molecule has 1 heterocycles. The molecule has 0 aliphatic carbocycles. The van der Waals surface area contributed by atoms with Gasteiger partial charge in [-0.3, -0.25) is 9.55 Å². The Bertz CT molecular complexity index is 748. The third-order valence-electron chi connectivity index (χ3n) is 2.91. The van der Waals surface area contributed by atoms with Gasteiger partial charge in [-0.05, 0) is 23.1 Å². The highest BCUT2D eigenvalue weighted by molar-refractivity contribution is 7.86. The summed E-state index contributed by atoms with van der Waals surface area (Å²) in [5.74, 6) is 0. The van der Waals surface area contributed by atoms with E-state index in [1.807, 2.05) is 6.07 Å². The lowest BCUT2D eigenvalue weighted by Gasteiger charge is -2.07. The molecule has 2 aromatic rings. The zero-order valence-electron chi connectivity index (χ0n) is 8.79. The molecule has 0 saturated heterocycles. The van der Waals surface area contributed by atoms with Crippen molar-refractivity contribution in [3.63, 3.8) is 0 Å².